The molecule has 1 aliphatic carbocycles. The topological polar surface area (TPSA) is 89.7 Å². The molecule has 1 aromatic carbocycles. The fourth-order valence-corrected chi connectivity index (χ4v) is 2.19. The van der Waals surface area contributed by atoms with Crippen molar-refractivity contribution in [1.82, 2.24) is 0 Å². The van der Waals surface area contributed by atoms with Crippen LogP contribution in [0.5, 0.6) is 0 Å². The van der Waals surface area contributed by atoms with Crippen LogP contribution in [0.15, 0.2) is 47.9 Å². The standard InChI is InChI=1S/C14H12FNO5/c1-21-12-7-10(9-5-3-2-4-6-9)14(15,13(17)18)8-11(12)16(19)20/h2-7H,8H2,1H3,(H,17,18). The number of carbonyl (C=O) groups is 1. The number of hydrogen-bond acceptors (Lipinski definition) is 4. The fourth-order valence-electron chi connectivity index (χ4n) is 2.19. The largest absolute Gasteiger partial charge is 0.490 e. The number of carboxylic acids is 1. The van der Waals surface area contributed by atoms with E-state index in [-0.39, 0.29) is 11.3 Å². The first-order valence-electron chi connectivity index (χ1n) is 6.01. The number of halogens is 1. The van der Waals surface area contributed by atoms with E-state index in [9.17, 15) is 24.4 Å². The third kappa shape index (κ3) is 2.49. The number of aliphatic carboxylic acids is 1. The first-order valence-corrected chi connectivity index (χ1v) is 6.01. The van der Waals surface area contributed by atoms with E-state index in [1.165, 1.54) is 19.2 Å². The van der Waals surface area contributed by atoms with Crippen molar-refractivity contribution in [3.63, 3.8) is 0 Å². The Morgan fingerprint density at radius 3 is 2.52 bits per heavy atom. The second kappa shape index (κ2) is 5.35. The smallest absolute Gasteiger partial charge is 0.346 e. The van der Waals surface area contributed by atoms with Gasteiger partial charge >= 0.3 is 5.97 Å². The Balaban J connectivity index is 2.66. The molecule has 0 radical (unpaired) electrons. The number of rotatable bonds is 4. The van der Waals surface area contributed by atoms with Crippen molar-refractivity contribution in [1.29, 1.82) is 0 Å². The molecule has 0 saturated heterocycles. The normalized spacial score (nSPS) is 21.7. The second-order valence-electron chi connectivity index (χ2n) is 4.48. The number of methoxy groups -OCH3 is 1. The zero-order valence-electron chi connectivity index (χ0n) is 11.1. The Hall–Kier alpha value is -2.70. The fraction of sp³-hybridized carbons (Fsp3) is 0.214. The van der Waals surface area contributed by atoms with Crippen LogP contribution in [0, 0.1) is 10.1 Å². The summed E-state index contributed by atoms with van der Waals surface area (Å²) in [6, 6.07) is 8.01. The predicted molar refractivity (Wildman–Crippen MR) is 71.5 cm³/mol. The molecule has 1 unspecified atom stereocenters. The number of nitrogens with zero attached hydrogens (tertiary/aromatic N) is 1. The van der Waals surface area contributed by atoms with Crippen molar-refractivity contribution < 1.29 is 24.0 Å². The third-order valence-electron chi connectivity index (χ3n) is 3.26. The molecular weight excluding hydrogens is 281 g/mol. The van der Waals surface area contributed by atoms with Crippen molar-refractivity contribution in [3.05, 3.63) is 63.5 Å². The Bertz CT molecular complexity index is 653. The molecule has 0 bridgehead atoms. The lowest BCUT2D eigenvalue weighted by atomic mass is 9.82. The van der Waals surface area contributed by atoms with Crippen LogP contribution < -0.4 is 0 Å². The molecule has 0 saturated carbocycles. The highest BCUT2D eigenvalue weighted by molar-refractivity contribution is 5.97. The Kier molecular flexibility index (Phi) is 3.75. The molecule has 21 heavy (non-hydrogen) atoms. The van der Waals surface area contributed by atoms with Crippen molar-refractivity contribution in [3.8, 4) is 0 Å². The summed E-state index contributed by atoms with van der Waals surface area (Å²) in [5.41, 5.74) is -3.30. The molecule has 1 aromatic rings. The van der Waals surface area contributed by atoms with Gasteiger partial charge in [-0.15, -0.1) is 0 Å². The quantitative estimate of drug-likeness (QED) is 0.680. The molecule has 0 aromatic heterocycles. The van der Waals surface area contributed by atoms with E-state index in [1.54, 1.807) is 18.2 Å². The first-order chi connectivity index (χ1) is 9.90. The average molecular weight is 293 g/mol. The summed E-state index contributed by atoms with van der Waals surface area (Å²) in [6.07, 6.45) is 0.185. The van der Waals surface area contributed by atoms with Crippen LogP contribution in [0.3, 0.4) is 0 Å². The lowest BCUT2D eigenvalue weighted by Gasteiger charge is -2.27. The van der Waals surface area contributed by atoms with E-state index in [0.29, 0.717) is 5.56 Å². The highest BCUT2D eigenvalue weighted by Gasteiger charge is 2.50. The molecule has 6 nitrogen and oxygen atoms in total. The SMILES string of the molecule is COC1=C([N+](=O)[O-])CC(F)(C(=O)O)C(c2ccccc2)=C1. The van der Waals surface area contributed by atoms with Crippen LogP contribution in [0.4, 0.5) is 4.39 Å². The molecule has 110 valence electrons. The van der Waals surface area contributed by atoms with Gasteiger partial charge in [0, 0.05) is 5.57 Å². The summed E-state index contributed by atoms with van der Waals surface area (Å²) in [4.78, 5) is 21.5. The molecule has 2 rings (SSSR count). The van der Waals surface area contributed by atoms with Crippen LogP contribution >= 0.6 is 0 Å². The van der Waals surface area contributed by atoms with E-state index < -0.39 is 28.7 Å². The van der Waals surface area contributed by atoms with Crippen LogP contribution in [0.2, 0.25) is 0 Å². The molecule has 1 atom stereocenters. The van der Waals surface area contributed by atoms with E-state index in [0.717, 1.165) is 6.08 Å². The van der Waals surface area contributed by atoms with Gasteiger partial charge in [-0.25, -0.2) is 9.18 Å². The Morgan fingerprint density at radius 1 is 1.43 bits per heavy atom. The van der Waals surface area contributed by atoms with Crippen LogP contribution in [0.1, 0.15) is 12.0 Å². The molecular formula is C14H12FNO5. The number of allylic oxidation sites excluding steroid dienone is 2. The maximum atomic E-state index is 14.9. The van der Waals surface area contributed by atoms with Crippen molar-refractivity contribution in [2.45, 2.75) is 12.1 Å². The highest BCUT2D eigenvalue weighted by atomic mass is 19.1. The van der Waals surface area contributed by atoms with Gasteiger partial charge in [-0.1, -0.05) is 30.3 Å². The first kappa shape index (κ1) is 14.7. The number of hydrogen-bond donors (Lipinski definition) is 1. The van der Waals surface area contributed by atoms with Crippen molar-refractivity contribution >= 4 is 11.5 Å². The summed E-state index contributed by atoms with van der Waals surface area (Å²) >= 11 is 0. The number of alkyl halides is 1. The maximum Gasteiger partial charge on any atom is 0.346 e. The van der Waals surface area contributed by atoms with E-state index in [2.05, 4.69) is 0 Å². The van der Waals surface area contributed by atoms with Gasteiger partial charge in [-0.05, 0) is 11.6 Å². The molecule has 0 aliphatic heterocycles. The van der Waals surface area contributed by atoms with E-state index in [4.69, 9.17) is 4.74 Å². The zero-order valence-corrected chi connectivity index (χ0v) is 11.1. The monoisotopic (exact) mass is 293 g/mol. The summed E-state index contributed by atoms with van der Waals surface area (Å²) in [7, 11) is 1.21. The molecule has 0 spiro atoms. The summed E-state index contributed by atoms with van der Waals surface area (Å²) < 4.78 is 19.8. The van der Waals surface area contributed by atoms with Gasteiger partial charge in [0.05, 0.1) is 18.5 Å². The van der Waals surface area contributed by atoms with E-state index in [1.807, 2.05) is 0 Å². The van der Waals surface area contributed by atoms with Gasteiger partial charge in [0.25, 0.3) is 5.70 Å². The van der Waals surface area contributed by atoms with Gasteiger partial charge in [-0.2, -0.15) is 0 Å². The number of ether oxygens (including phenoxy) is 1. The summed E-state index contributed by atoms with van der Waals surface area (Å²) in [6.45, 7) is 0. The highest BCUT2D eigenvalue weighted by Crippen LogP contribution is 2.42. The van der Waals surface area contributed by atoms with Gasteiger partial charge in [-0.3, -0.25) is 10.1 Å². The average Bonchev–Trinajstić information content (AvgIpc) is 2.47. The minimum absolute atomic E-state index is 0.145. The summed E-state index contributed by atoms with van der Waals surface area (Å²) in [5, 5.41) is 20.1. The molecule has 7 heteroatoms. The Labute approximate surface area is 119 Å². The Morgan fingerprint density at radius 2 is 2.05 bits per heavy atom. The van der Waals surface area contributed by atoms with Gasteiger partial charge in [0.15, 0.2) is 5.76 Å². The van der Waals surface area contributed by atoms with Crippen LogP contribution in [-0.4, -0.2) is 28.8 Å². The molecule has 0 heterocycles. The van der Waals surface area contributed by atoms with Gasteiger partial charge in [0.2, 0.25) is 5.67 Å². The predicted octanol–water partition coefficient (Wildman–Crippen LogP) is 2.40. The second-order valence-corrected chi connectivity index (χ2v) is 4.48. The molecule has 0 amide bonds. The number of benzene rings is 1. The number of nitro groups is 1. The maximum absolute atomic E-state index is 14.9. The van der Waals surface area contributed by atoms with Crippen LogP contribution in [0.25, 0.3) is 5.57 Å². The van der Waals surface area contributed by atoms with Crippen LogP contribution in [-0.2, 0) is 9.53 Å². The molecule has 1 N–H and O–H groups in total. The minimum atomic E-state index is -2.87. The van der Waals surface area contributed by atoms with Gasteiger partial charge in [0.1, 0.15) is 0 Å². The third-order valence-corrected chi connectivity index (χ3v) is 3.26. The van der Waals surface area contributed by atoms with E-state index >= 15 is 0 Å². The summed E-state index contributed by atoms with van der Waals surface area (Å²) in [5.74, 6) is -1.92. The minimum Gasteiger partial charge on any atom is -0.490 e. The molecule has 0 fully saturated rings. The zero-order chi connectivity index (χ0) is 15.6. The number of carboxylic acid groups (broad SMARTS) is 1. The molecule has 1 aliphatic rings. The van der Waals surface area contributed by atoms with Crippen molar-refractivity contribution in [2.75, 3.05) is 7.11 Å². The lowest BCUT2D eigenvalue weighted by Crippen LogP contribution is -2.38. The van der Waals surface area contributed by atoms with Crippen molar-refractivity contribution in [2.24, 2.45) is 0 Å². The lowest BCUT2D eigenvalue weighted by molar-refractivity contribution is -0.432. The van der Waals surface area contributed by atoms with Gasteiger partial charge < -0.3 is 9.84 Å².